The van der Waals surface area contributed by atoms with Gasteiger partial charge in [-0.1, -0.05) is 6.07 Å². The highest BCUT2D eigenvalue weighted by atomic mass is 16.5. The van der Waals surface area contributed by atoms with E-state index >= 15 is 0 Å². The molecule has 3 atom stereocenters. The molecule has 0 amide bonds. The Morgan fingerprint density at radius 2 is 1.94 bits per heavy atom. The molecule has 1 aliphatic carbocycles. The number of ether oxygens (including phenoxy) is 2. The number of aliphatic hydroxyl groups is 1. The number of rotatable bonds is 5. The van der Waals surface area contributed by atoms with Gasteiger partial charge in [-0.15, -0.1) is 0 Å². The predicted octanol–water partition coefficient (Wildman–Crippen LogP) is 5.12. The lowest BCUT2D eigenvalue weighted by Gasteiger charge is -2.47. The third kappa shape index (κ3) is 4.57. The number of pyridine rings is 1. The van der Waals surface area contributed by atoms with Gasteiger partial charge >= 0.3 is 0 Å². The molecule has 3 saturated heterocycles. The number of piperidine rings is 1. The second-order valence-corrected chi connectivity index (χ2v) is 11.4. The Kier molecular flexibility index (Phi) is 6.56. The van der Waals surface area contributed by atoms with Crippen LogP contribution in [-0.4, -0.2) is 53.8 Å². The lowest BCUT2D eigenvalue weighted by molar-refractivity contribution is -0.0340. The van der Waals surface area contributed by atoms with Crippen molar-refractivity contribution < 1.29 is 14.6 Å². The third-order valence-corrected chi connectivity index (χ3v) is 8.53. The minimum absolute atomic E-state index is 0.215. The molecule has 7 rings (SSSR count). The maximum absolute atomic E-state index is 11.8. The number of anilines is 4. The monoisotopic (exact) mass is 492 g/mol. The van der Waals surface area contributed by atoms with Gasteiger partial charge in [0.05, 0.1) is 42.3 Å². The molecule has 0 radical (unpaired) electrons. The fraction of sp³-hybridized carbons (Fsp3) is 0.621. The van der Waals surface area contributed by atoms with Crippen LogP contribution in [0.5, 0.6) is 0 Å². The third-order valence-electron chi connectivity index (χ3n) is 8.53. The van der Waals surface area contributed by atoms with Crippen LogP contribution in [0, 0.1) is 12.8 Å². The van der Waals surface area contributed by atoms with Gasteiger partial charge in [-0.2, -0.15) is 0 Å². The molecule has 194 valence electrons. The Morgan fingerprint density at radius 3 is 2.64 bits per heavy atom. The Bertz CT molecular complexity index is 1080. The minimum Gasteiger partial charge on any atom is -0.376 e. The minimum atomic E-state index is -0.562. The summed E-state index contributed by atoms with van der Waals surface area (Å²) in [5, 5.41) is 15.4. The number of aromatic nitrogens is 1. The number of fused-ring (bicyclic) bond motifs is 5. The fourth-order valence-corrected chi connectivity index (χ4v) is 6.65. The Labute approximate surface area is 214 Å². The van der Waals surface area contributed by atoms with Crippen molar-refractivity contribution in [2.24, 2.45) is 5.92 Å². The molecule has 4 aliphatic heterocycles. The number of aliphatic hydroxyl groups excluding tert-OH is 1. The van der Waals surface area contributed by atoms with E-state index in [2.05, 4.69) is 59.1 Å². The van der Waals surface area contributed by atoms with Gasteiger partial charge in [0, 0.05) is 36.5 Å². The number of nitrogens with zero attached hydrogens (tertiary/aromatic N) is 3. The van der Waals surface area contributed by atoms with Gasteiger partial charge in [-0.3, -0.25) is 0 Å². The summed E-state index contributed by atoms with van der Waals surface area (Å²) in [6.07, 6.45) is 8.46. The molecule has 7 nitrogen and oxygen atoms in total. The molecular formula is C29H40N4O3. The summed E-state index contributed by atoms with van der Waals surface area (Å²) in [6, 6.07) is 9.07. The van der Waals surface area contributed by atoms with Crippen LogP contribution in [-0.2, 0) is 16.0 Å². The van der Waals surface area contributed by atoms with Crippen molar-refractivity contribution in [1.82, 2.24) is 4.98 Å². The second-order valence-electron chi connectivity index (χ2n) is 11.4. The quantitative estimate of drug-likeness (QED) is 0.600. The zero-order valence-electron chi connectivity index (χ0n) is 21.8. The highest BCUT2D eigenvalue weighted by Gasteiger charge is 2.37. The maximum atomic E-state index is 11.8. The van der Waals surface area contributed by atoms with Crippen molar-refractivity contribution in [2.45, 2.75) is 96.4 Å². The summed E-state index contributed by atoms with van der Waals surface area (Å²) in [5.74, 6) is 1.09. The van der Waals surface area contributed by atoms with E-state index in [0.29, 0.717) is 24.8 Å². The molecule has 2 N–H and O–H groups in total. The van der Waals surface area contributed by atoms with Gasteiger partial charge in [-0.25, -0.2) is 4.98 Å². The Hall–Kier alpha value is -2.35. The van der Waals surface area contributed by atoms with Crippen LogP contribution in [0.3, 0.4) is 0 Å². The zero-order chi connectivity index (χ0) is 24.8. The summed E-state index contributed by atoms with van der Waals surface area (Å²) >= 11 is 0. The van der Waals surface area contributed by atoms with E-state index in [0.717, 1.165) is 68.0 Å². The van der Waals surface area contributed by atoms with Crippen molar-refractivity contribution >= 4 is 22.9 Å². The number of hydrogen-bond donors (Lipinski definition) is 2. The number of nitrogens with one attached hydrogen (secondary N) is 1. The average molecular weight is 493 g/mol. The topological polar surface area (TPSA) is 70.1 Å². The van der Waals surface area contributed by atoms with Gasteiger partial charge in [0.25, 0.3) is 0 Å². The first kappa shape index (κ1) is 24.0. The summed E-state index contributed by atoms with van der Waals surface area (Å²) in [6.45, 7) is 8.79. The molecule has 36 heavy (non-hydrogen) atoms. The molecule has 1 aromatic heterocycles. The second kappa shape index (κ2) is 9.84. The highest BCUT2D eigenvalue weighted by molar-refractivity contribution is 5.83. The summed E-state index contributed by atoms with van der Waals surface area (Å²) in [7, 11) is 0. The van der Waals surface area contributed by atoms with E-state index < -0.39 is 6.23 Å². The zero-order valence-corrected chi connectivity index (χ0v) is 21.8. The maximum Gasteiger partial charge on any atom is 0.135 e. The molecular weight excluding hydrogens is 452 g/mol. The van der Waals surface area contributed by atoms with Crippen LogP contribution >= 0.6 is 0 Å². The van der Waals surface area contributed by atoms with Crippen LogP contribution < -0.4 is 15.1 Å². The standard InChI is InChI=1S/C29H40N4O3/c1-18(2)36-23-9-6-20(7-10-23)29(34)33-15-21-5-4-12-30-28(21)31-25-13-19(3)26(14-27(25)33)32-16-24-11-8-22(32)17-35-24/h4-5,12-14,18,20,22-24,29,34H,6-11,15-17H2,1-3H3,(H,30,31)/t20?,22-,23?,24-,29?/m0/s1. The van der Waals surface area contributed by atoms with Crippen LogP contribution in [0.15, 0.2) is 30.5 Å². The number of morpholine rings is 1. The molecule has 7 heteroatoms. The van der Waals surface area contributed by atoms with Gasteiger partial charge in [0.2, 0.25) is 0 Å². The van der Waals surface area contributed by atoms with Crippen molar-refractivity contribution in [1.29, 1.82) is 0 Å². The summed E-state index contributed by atoms with van der Waals surface area (Å²) in [5.41, 5.74) is 5.69. The molecule has 1 aromatic carbocycles. The van der Waals surface area contributed by atoms with Crippen LogP contribution in [0.2, 0.25) is 0 Å². The van der Waals surface area contributed by atoms with E-state index in [1.54, 1.807) is 0 Å². The van der Waals surface area contributed by atoms with E-state index in [1.807, 2.05) is 12.3 Å². The van der Waals surface area contributed by atoms with Gasteiger partial charge in [0.15, 0.2) is 0 Å². The molecule has 5 heterocycles. The fourth-order valence-electron chi connectivity index (χ4n) is 6.65. The average Bonchev–Trinajstić information content (AvgIpc) is 3.05. The first-order chi connectivity index (χ1) is 17.5. The lowest BCUT2D eigenvalue weighted by Crippen LogP contribution is -2.54. The van der Waals surface area contributed by atoms with Gasteiger partial charge in [0.1, 0.15) is 12.0 Å². The Balaban J connectivity index is 1.33. The van der Waals surface area contributed by atoms with Gasteiger partial charge < -0.3 is 29.7 Å². The first-order valence-electron chi connectivity index (χ1n) is 13.8. The highest BCUT2D eigenvalue weighted by Crippen LogP contribution is 2.44. The summed E-state index contributed by atoms with van der Waals surface area (Å²) < 4.78 is 12.1. The molecule has 4 fully saturated rings. The SMILES string of the molecule is Cc1cc2c(cc1N1C[C@@H]3CC[C@H]1CO3)N(C(O)C1CCC(OC(C)C)CC1)Cc1cccnc1N2. The van der Waals surface area contributed by atoms with E-state index in [4.69, 9.17) is 9.47 Å². The molecule has 2 bridgehead atoms. The van der Waals surface area contributed by atoms with Crippen LogP contribution in [0.4, 0.5) is 22.9 Å². The molecule has 0 spiro atoms. The molecule has 1 unspecified atom stereocenters. The van der Waals surface area contributed by atoms with E-state index in [9.17, 15) is 5.11 Å². The van der Waals surface area contributed by atoms with Crippen LogP contribution in [0.25, 0.3) is 0 Å². The summed E-state index contributed by atoms with van der Waals surface area (Å²) in [4.78, 5) is 9.39. The largest absolute Gasteiger partial charge is 0.376 e. The van der Waals surface area contributed by atoms with Crippen LogP contribution in [0.1, 0.15) is 63.5 Å². The number of benzene rings is 1. The van der Waals surface area contributed by atoms with E-state index in [-0.39, 0.29) is 12.0 Å². The van der Waals surface area contributed by atoms with Crippen molar-refractivity contribution in [2.75, 3.05) is 28.3 Å². The van der Waals surface area contributed by atoms with Crippen molar-refractivity contribution in [3.8, 4) is 0 Å². The Morgan fingerprint density at radius 1 is 1.11 bits per heavy atom. The van der Waals surface area contributed by atoms with Crippen molar-refractivity contribution in [3.63, 3.8) is 0 Å². The smallest absolute Gasteiger partial charge is 0.135 e. The molecule has 2 aromatic rings. The van der Waals surface area contributed by atoms with Gasteiger partial charge in [-0.05, 0) is 83.1 Å². The lowest BCUT2D eigenvalue weighted by atomic mass is 9.85. The predicted molar refractivity (Wildman–Crippen MR) is 143 cm³/mol. The molecule has 1 saturated carbocycles. The first-order valence-corrected chi connectivity index (χ1v) is 13.8. The van der Waals surface area contributed by atoms with Crippen molar-refractivity contribution in [3.05, 3.63) is 41.6 Å². The number of hydrogen-bond acceptors (Lipinski definition) is 7. The molecule has 5 aliphatic rings. The number of aryl methyl sites for hydroxylation is 1. The van der Waals surface area contributed by atoms with E-state index in [1.165, 1.54) is 17.7 Å². The normalized spacial score (nSPS) is 28.4.